The molecule has 144 valence electrons. The maximum atomic E-state index is 12.4. The molecule has 1 heterocycles. The number of hydrogen-bond donors (Lipinski definition) is 0. The zero-order chi connectivity index (χ0) is 20.4. The van der Waals surface area contributed by atoms with Crippen LogP contribution in [0.1, 0.15) is 11.1 Å². The first kappa shape index (κ1) is 19.6. The van der Waals surface area contributed by atoms with Gasteiger partial charge in [-0.2, -0.15) is 0 Å². The van der Waals surface area contributed by atoms with Crippen LogP contribution in [0.25, 0.3) is 17.2 Å². The summed E-state index contributed by atoms with van der Waals surface area (Å²) in [5, 5.41) is 0. The Morgan fingerprint density at radius 2 is 1.59 bits per heavy atom. The summed E-state index contributed by atoms with van der Waals surface area (Å²) in [6.45, 7) is 0. The van der Waals surface area contributed by atoms with Crippen LogP contribution in [0.3, 0.4) is 0 Å². The van der Waals surface area contributed by atoms with E-state index in [2.05, 4.69) is 36.9 Å². The minimum Gasteiger partial charge on any atom is -0.495 e. The second-order valence-electron chi connectivity index (χ2n) is 6.29. The van der Waals surface area contributed by atoms with Gasteiger partial charge in [-0.15, -0.1) is 0 Å². The van der Waals surface area contributed by atoms with E-state index in [1.807, 2.05) is 66.7 Å². The summed E-state index contributed by atoms with van der Waals surface area (Å²) < 4.78 is 12.4. The van der Waals surface area contributed by atoms with Gasteiger partial charge in [-0.1, -0.05) is 58.4 Å². The molecule has 0 amide bonds. The highest BCUT2D eigenvalue weighted by atomic mass is 79.9. The van der Waals surface area contributed by atoms with E-state index in [4.69, 9.17) is 9.47 Å². The second kappa shape index (κ2) is 8.35. The molecule has 3 aromatic rings. The highest BCUT2D eigenvalue weighted by Gasteiger charge is 2.25. The van der Waals surface area contributed by atoms with Crippen LogP contribution in [0.5, 0.6) is 5.75 Å². The van der Waals surface area contributed by atoms with Gasteiger partial charge in [0, 0.05) is 15.6 Å². The maximum Gasteiger partial charge on any atom is 0.363 e. The highest BCUT2D eigenvalue weighted by molar-refractivity contribution is 9.11. The maximum absolute atomic E-state index is 12.4. The summed E-state index contributed by atoms with van der Waals surface area (Å²) in [5.41, 5.74) is 3.88. The lowest BCUT2D eigenvalue weighted by Crippen LogP contribution is -2.05. The molecule has 0 saturated carbocycles. The molecule has 6 heteroatoms. The SMILES string of the molecule is COc1c(Br)cc(Br)cc1/C=C1\N=C(c2ccc(-c3ccccc3)cc2)OC1=O. The van der Waals surface area contributed by atoms with Gasteiger partial charge in [-0.25, -0.2) is 9.79 Å². The number of benzene rings is 3. The van der Waals surface area contributed by atoms with Crippen LogP contribution in [0, 0.1) is 0 Å². The lowest BCUT2D eigenvalue weighted by Gasteiger charge is -2.08. The van der Waals surface area contributed by atoms with Crippen molar-refractivity contribution in [1.29, 1.82) is 0 Å². The highest BCUT2D eigenvalue weighted by Crippen LogP contribution is 2.35. The number of esters is 1. The second-order valence-corrected chi connectivity index (χ2v) is 8.06. The van der Waals surface area contributed by atoms with Gasteiger partial charge in [0.25, 0.3) is 0 Å². The summed E-state index contributed by atoms with van der Waals surface area (Å²) in [7, 11) is 1.58. The Labute approximate surface area is 185 Å². The van der Waals surface area contributed by atoms with Crippen LogP contribution in [-0.2, 0) is 9.53 Å². The average molecular weight is 513 g/mol. The van der Waals surface area contributed by atoms with Crippen molar-refractivity contribution in [3.63, 3.8) is 0 Å². The summed E-state index contributed by atoms with van der Waals surface area (Å²) >= 11 is 6.91. The molecule has 4 nitrogen and oxygen atoms in total. The third kappa shape index (κ3) is 4.18. The summed E-state index contributed by atoms with van der Waals surface area (Å²) in [4.78, 5) is 16.7. The molecule has 0 aromatic heterocycles. The predicted octanol–water partition coefficient (Wildman–Crippen LogP) is 6.23. The Balaban J connectivity index is 1.66. The number of carbonyl (C=O) groups is 1. The Kier molecular flexibility index (Phi) is 5.65. The quantitative estimate of drug-likeness (QED) is 0.307. The Morgan fingerprint density at radius 3 is 2.28 bits per heavy atom. The lowest BCUT2D eigenvalue weighted by atomic mass is 10.0. The van der Waals surface area contributed by atoms with E-state index in [1.54, 1.807) is 13.2 Å². The largest absolute Gasteiger partial charge is 0.495 e. The predicted molar refractivity (Wildman–Crippen MR) is 121 cm³/mol. The van der Waals surface area contributed by atoms with Crippen molar-refractivity contribution in [1.82, 2.24) is 0 Å². The van der Waals surface area contributed by atoms with E-state index in [9.17, 15) is 4.79 Å². The monoisotopic (exact) mass is 511 g/mol. The number of methoxy groups -OCH3 is 1. The van der Waals surface area contributed by atoms with Gasteiger partial charge in [-0.05, 0) is 57.4 Å². The van der Waals surface area contributed by atoms with E-state index in [0.717, 1.165) is 25.6 Å². The van der Waals surface area contributed by atoms with Gasteiger partial charge in [0.05, 0.1) is 11.6 Å². The number of nitrogens with zero attached hydrogens (tertiary/aromatic N) is 1. The molecule has 4 rings (SSSR count). The number of aliphatic imine (C=N–C) groups is 1. The molecule has 0 atom stereocenters. The van der Waals surface area contributed by atoms with Crippen LogP contribution in [-0.4, -0.2) is 19.0 Å². The van der Waals surface area contributed by atoms with Gasteiger partial charge >= 0.3 is 5.97 Å². The first-order chi connectivity index (χ1) is 14.0. The van der Waals surface area contributed by atoms with E-state index in [1.165, 1.54) is 0 Å². The Bertz CT molecular complexity index is 1140. The number of ether oxygens (including phenoxy) is 2. The van der Waals surface area contributed by atoms with E-state index in [0.29, 0.717) is 11.3 Å². The van der Waals surface area contributed by atoms with Crippen LogP contribution in [0.4, 0.5) is 0 Å². The van der Waals surface area contributed by atoms with Crippen molar-refractivity contribution < 1.29 is 14.3 Å². The van der Waals surface area contributed by atoms with E-state index in [-0.39, 0.29) is 11.6 Å². The molecule has 1 aliphatic heterocycles. The standard InChI is InChI=1S/C23H15Br2NO3/c1-28-21-17(11-18(24)13-19(21)25)12-20-23(27)29-22(26-20)16-9-7-15(8-10-16)14-5-3-2-4-6-14/h2-13H,1H3/b20-12-. The van der Waals surface area contributed by atoms with Crippen LogP contribution < -0.4 is 4.74 Å². The minimum absolute atomic E-state index is 0.218. The minimum atomic E-state index is -0.495. The Morgan fingerprint density at radius 1 is 0.931 bits per heavy atom. The zero-order valence-electron chi connectivity index (χ0n) is 15.4. The first-order valence-corrected chi connectivity index (χ1v) is 10.4. The molecular weight excluding hydrogens is 498 g/mol. The summed E-state index contributed by atoms with van der Waals surface area (Å²) in [6.07, 6.45) is 1.65. The fraction of sp³-hybridized carbons (Fsp3) is 0.0435. The van der Waals surface area contributed by atoms with Crippen molar-refractivity contribution in [3.05, 3.63) is 92.5 Å². The third-order valence-corrected chi connectivity index (χ3v) is 5.44. The molecule has 0 unspecified atom stereocenters. The lowest BCUT2D eigenvalue weighted by molar-refractivity contribution is -0.129. The number of halogens is 2. The van der Waals surface area contributed by atoms with Crippen LogP contribution >= 0.6 is 31.9 Å². The first-order valence-electron chi connectivity index (χ1n) is 8.76. The topological polar surface area (TPSA) is 47.9 Å². The molecule has 0 radical (unpaired) electrons. The molecule has 29 heavy (non-hydrogen) atoms. The normalized spacial score (nSPS) is 14.7. The fourth-order valence-corrected chi connectivity index (χ4v) is 4.44. The number of cyclic esters (lactones) is 1. The zero-order valence-corrected chi connectivity index (χ0v) is 18.5. The van der Waals surface area contributed by atoms with Gasteiger partial charge in [0.1, 0.15) is 5.75 Å². The van der Waals surface area contributed by atoms with Crippen molar-refractivity contribution in [2.24, 2.45) is 4.99 Å². The van der Waals surface area contributed by atoms with E-state index >= 15 is 0 Å². The molecule has 3 aromatic carbocycles. The average Bonchev–Trinajstić information content (AvgIpc) is 3.09. The molecule has 1 aliphatic rings. The van der Waals surface area contributed by atoms with Crippen LogP contribution in [0.15, 0.2) is 86.4 Å². The number of hydrogen-bond acceptors (Lipinski definition) is 4. The molecule has 0 bridgehead atoms. The number of rotatable bonds is 4. The molecule has 0 N–H and O–H groups in total. The van der Waals surface area contributed by atoms with Crippen molar-refractivity contribution in [2.45, 2.75) is 0 Å². The number of carbonyl (C=O) groups excluding carboxylic acids is 1. The van der Waals surface area contributed by atoms with Crippen LogP contribution in [0.2, 0.25) is 0 Å². The molecule has 0 aliphatic carbocycles. The molecule has 0 fully saturated rings. The fourth-order valence-electron chi connectivity index (χ4n) is 3.02. The van der Waals surface area contributed by atoms with Crippen molar-refractivity contribution in [3.8, 4) is 16.9 Å². The summed E-state index contributed by atoms with van der Waals surface area (Å²) in [6, 6.07) is 21.6. The van der Waals surface area contributed by atoms with Crippen molar-refractivity contribution >= 4 is 49.8 Å². The third-order valence-electron chi connectivity index (χ3n) is 4.39. The molecule has 0 spiro atoms. The van der Waals surface area contributed by atoms with E-state index < -0.39 is 5.97 Å². The smallest absolute Gasteiger partial charge is 0.363 e. The summed E-state index contributed by atoms with van der Waals surface area (Å²) in [5.74, 6) is 0.406. The van der Waals surface area contributed by atoms with Gasteiger partial charge < -0.3 is 9.47 Å². The van der Waals surface area contributed by atoms with Crippen molar-refractivity contribution in [2.75, 3.05) is 7.11 Å². The molecular formula is C23H15Br2NO3. The van der Waals surface area contributed by atoms with Gasteiger partial charge in [-0.3, -0.25) is 0 Å². The van der Waals surface area contributed by atoms with Gasteiger partial charge in [0.2, 0.25) is 5.90 Å². The van der Waals surface area contributed by atoms with Gasteiger partial charge in [0.15, 0.2) is 5.70 Å². The molecule has 0 saturated heterocycles. The Hall–Kier alpha value is -2.70.